The van der Waals surface area contributed by atoms with E-state index in [4.69, 9.17) is 5.11 Å². The second kappa shape index (κ2) is 11.3. The molecule has 0 aromatic carbocycles. The van der Waals surface area contributed by atoms with Crippen molar-refractivity contribution in [2.24, 2.45) is 5.92 Å². The van der Waals surface area contributed by atoms with Crippen molar-refractivity contribution >= 4 is 5.97 Å². The molecule has 0 saturated carbocycles. The highest BCUT2D eigenvalue weighted by Crippen LogP contribution is 2.36. The molecule has 0 aromatic rings. The fourth-order valence-corrected chi connectivity index (χ4v) is 3.60. The molecule has 152 valence electrons. The van der Waals surface area contributed by atoms with Gasteiger partial charge in [0.2, 0.25) is 0 Å². The van der Waals surface area contributed by atoms with Gasteiger partial charge in [-0.1, -0.05) is 50.8 Å². The van der Waals surface area contributed by atoms with Gasteiger partial charge >= 0.3 is 5.97 Å². The summed E-state index contributed by atoms with van der Waals surface area (Å²) in [7, 11) is 0. The lowest BCUT2D eigenvalue weighted by Gasteiger charge is -2.15. The molecule has 0 bridgehead atoms. The minimum absolute atomic E-state index is 0.348. The van der Waals surface area contributed by atoms with Gasteiger partial charge < -0.3 is 15.3 Å². The molecule has 1 aliphatic carbocycles. The number of hydrogen-bond donors (Lipinski definition) is 3. The minimum atomic E-state index is -2.73. The summed E-state index contributed by atoms with van der Waals surface area (Å²) in [5, 5.41) is 27.8. The van der Waals surface area contributed by atoms with Crippen molar-refractivity contribution in [3.05, 3.63) is 40.2 Å². The third-order valence-electron chi connectivity index (χ3n) is 5.13. The molecule has 0 aliphatic heterocycles. The zero-order valence-electron chi connectivity index (χ0n) is 17.3. The Kier molecular flexibility index (Phi) is 9.79. The molecule has 0 saturated heterocycles. The van der Waals surface area contributed by atoms with E-state index >= 15 is 0 Å². The van der Waals surface area contributed by atoms with Gasteiger partial charge in [-0.15, -0.1) is 5.73 Å². The first kappa shape index (κ1) is 23.4. The molecular weight excluding hydrogens is 340 g/mol. The predicted octanol–water partition coefficient (Wildman–Crippen LogP) is 5.28. The van der Waals surface area contributed by atoms with Crippen molar-refractivity contribution in [1.82, 2.24) is 0 Å². The van der Waals surface area contributed by atoms with Crippen LogP contribution in [0.5, 0.6) is 0 Å². The zero-order chi connectivity index (χ0) is 20.4. The lowest BCUT2D eigenvalue weighted by Crippen LogP contribution is -2.38. The SMILES string of the molecule is CCCCCCC=CC1=C(CC(C)=C=C(C)CC(O)(O)C(=O)O)[C@@H](C)CC1. The van der Waals surface area contributed by atoms with Crippen LogP contribution in [0.2, 0.25) is 0 Å². The molecule has 4 heteroatoms. The second-order valence-electron chi connectivity index (χ2n) is 7.90. The topological polar surface area (TPSA) is 77.8 Å². The van der Waals surface area contributed by atoms with E-state index in [1.165, 1.54) is 36.8 Å². The normalized spacial score (nSPS) is 17.5. The highest BCUT2D eigenvalue weighted by molar-refractivity contribution is 5.75. The fourth-order valence-electron chi connectivity index (χ4n) is 3.60. The maximum absolute atomic E-state index is 10.8. The van der Waals surface area contributed by atoms with E-state index in [0.29, 0.717) is 11.5 Å². The summed E-state index contributed by atoms with van der Waals surface area (Å²) in [5.41, 5.74) is 7.50. The molecule has 0 amide bonds. The smallest absolute Gasteiger partial charge is 0.364 e. The Morgan fingerprint density at radius 3 is 2.56 bits per heavy atom. The number of rotatable bonds is 11. The molecular formula is C23H36O4. The third-order valence-corrected chi connectivity index (χ3v) is 5.13. The number of unbranched alkanes of at least 4 members (excludes halogenated alkanes) is 4. The van der Waals surface area contributed by atoms with Crippen LogP contribution in [0.1, 0.15) is 85.5 Å². The first-order valence-corrected chi connectivity index (χ1v) is 10.2. The number of carboxylic acid groups (broad SMARTS) is 1. The van der Waals surface area contributed by atoms with Crippen LogP contribution in [0.3, 0.4) is 0 Å². The third kappa shape index (κ3) is 8.30. The number of aliphatic carboxylic acids is 1. The summed E-state index contributed by atoms with van der Waals surface area (Å²) in [4.78, 5) is 10.8. The molecule has 1 atom stereocenters. The van der Waals surface area contributed by atoms with Crippen molar-refractivity contribution in [3.8, 4) is 0 Å². The van der Waals surface area contributed by atoms with E-state index in [2.05, 4.69) is 31.7 Å². The average Bonchev–Trinajstić information content (AvgIpc) is 2.90. The van der Waals surface area contributed by atoms with Gasteiger partial charge in [-0.05, 0) is 68.6 Å². The molecule has 3 N–H and O–H groups in total. The molecule has 4 nitrogen and oxygen atoms in total. The number of hydrogen-bond acceptors (Lipinski definition) is 3. The predicted molar refractivity (Wildman–Crippen MR) is 109 cm³/mol. The standard InChI is InChI=1S/C23H36O4/c1-5-6-7-8-9-10-11-20-13-12-19(4)21(20)15-17(2)14-18(3)16-23(26,27)22(24)25/h10-11,19,26-27H,5-9,12-13,15-16H2,1-4H3,(H,24,25)/t14?,19-/m0/s1. The lowest BCUT2D eigenvalue weighted by molar-refractivity contribution is -0.202. The fraction of sp³-hybridized carbons (Fsp3) is 0.652. The largest absolute Gasteiger partial charge is 0.477 e. The van der Waals surface area contributed by atoms with E-state index in [9.17, 15) is 15.0 Å². The quantitative estimate of drug-likeness (QED) is 0.260. The van der Waals surface area contributed by atoms with Gasteiger partial charge in [0.15, 0.2) is 0 Å². The number of carboxylic acids is 1. The van der Waals surface area contributed by atoms with Crippen LogP contribution in [0.4, 0.5) is 0 Å². The summed E-state index contributed by atoms with van der Waals surface area (Å²) in [6, 6.07) is 0. The molecule has 0 aromatic heterocycles. The van der Waals surface area contributed by atoms with Gasteiger partial charge in [-0.3, -0.25) is 0 Å². The van der Waals surface area contributed by atoms with Gasteiger partial charge in [0, 0.05) is 6.42 Å². The van der Waals surface area contributed by atoms with Crippen molar-refractivity contribution in [2.75, 3.05) is 0 Å². The number of aliphatic hydroxyl groups is 2. The van der Waals surface area contributed by atoms with Crippen LogP contribution in [-0.2, 0) is 4.79 Å². The highest BCUT2D eigenvalue weighted by Gasteiger charge is 2.33. The van der Waals surface area contributed by atoms with E-state index in [1.54, 1.807) is 6.92 Å². The molecule has 1 aliphatic rings. The maximum atomic E-state index is 10.8. The van der Waals surface area contributed by atoms with E-state index in [0.717, 1.165) is 31.3 Å². The molecule has 0 spiro atoms. The second-order valence-corrected chi connectivity index (χ2v) is 7.90. The summed E-state index contributed by atoms with van der Waals surface area (Å²) < 4.78 is 0. The molecule has 0 unspecified atom stereocenters. The average molecular weight is 377 g/mol. The van der Waals surface area contributed by atoms with E-state index in [-0.39, 0.29) is 6.42 Å². The van der Waals surface area contributed by atoms with Crippen LogP contribution >= 0.6 is 0 Å². The Bertz CT molecular complexity index is 631. The van der Waals surface area contributed by atoms with E-state index in [1.807, 2.05) is 6.92 Å². The Balaban J connectivity index is 2.80. The Morgan fingerprint density at radius 1 is 1.22 bits per heavy atom. The molecule has 27 heavy (non-hydrogen) atoms. The van der Waals surface area contributed by atoms with Gasteiger partial charge in [-0.2, -0.15) is 0 Å². The molecule has 0 radical (unpaired) electrons. The van der Waals surface area contributed by atoms with Crippen LogP contribution in [0, 0.1) is 5.92 Å². The van der Waals surface area contributed by atoms with Crippen LogP contribution in [0.25, 0.3) is 0 Å². The first-order chi connectivity index (χ1) is 12.7. The molecule has 0 heterocycles. The summed E-state index contributed by atoms with van der Waals surface area (Å²) >= 11 is 0. The van der Waals surface area contributed by atoms with Gasteiger partial charge in [-0.25, -0.2) is 4.79 Å². The maximum Gasteiger partial charge on any atom is 0.364 e. The first-order valence-electron chi connectivity index (χ1n) is 10.2. The monoisotopic (exact) mass is 376 g/mol. The van der Waals surface area contributed by atoms with Crippen LogP contribution < -0.4 is 0 Å². The van der Waals surface area contributed by atoms with Crippen LogP contribution in [-0.4, -0.2) is 27.1 Å². The molecule has 1 rings (SSSR count). The van der Waals surface area contributed by atoms with Crippen LogP contribution in [0.15, 0.2) is 40.2 Å². The van der Waals surface area contributed by atoms with Gasteiger partial charge in [0.05, 0.1) is 0 Å². The summed E-state index contributed by atoms with van der Waals surface area (Å²) in [5.74, 6) is -3.83. The Labute approximate surface area is 164 Å². The summed E-state index contributed by atoms with van der Waals surface area (Å²) in [6.45, 7) is 8.11. The summed E-state index contributed by atoms with van der Waals surface area (Å²) in [6.07, 6.45) is 13.5. The zero-order valence-corrected chi connectivity index (χ0v) is 17.3. The van der Waals surface area contributed by atoms with Crippen molar-refractivity contribution in [2.45, 2.75) is 91.3 Å². The van der Waals surface area contributed by atoms with Crippen molar-refractivity contribution < 1.29 is 20.1 Å². The van der Waals surface area contributed by atoms with E-state index < -0.39 is 11.8 Å². The number of allylic oxidation sites excluding steroid dienone is 4. The highest BCUT2D eigenvalue weighted by atomic mass is 16.5. The lowest BCUT2D eigenvalue weighted by atomic mass is 9.95. The van der Waals surface area contributed by atoms with Crippen molar-refractivity contribution in [1.29, 1.82) is 0 Å². The van der Waals surface area contributed by atoms with Gasteiger partial charge in [0.1, 0.15) is 0 Å². The Hall–Kier alpha value is -1.61. The van der Waals surface area contributed by atoms with Crippen molar-refractivity contribution in [3.63, 3.8) is 0 Å². The number of carbonyl (C=O) groups is 1. The Morgan fingerprint density at radius 2 is 1.93 bits per heavy atom. The minimum Gasteiger partial charge on any atom is -0.477 e. The molecule has 0 fully saturated rings. The van der Waals surface area contributed by atoms with Gasteiger partial charge in [0.25, 0.3) is 5.79 Å².